The van der Waals surface area contributed by atoms with E-state index in [0.29, 0.717) is 16.1 Å². The molecule has 21 heavy (non-hydrogen) atoms. The molecule has 0 unspecified atom stereocenters. The van der Waals surface area contributed by atoms with Crippen molar-refractivity contribution >= 4 is 28.2 Å². The van der Waals surface area contributed by atoms with Crippen LogP contribution >= 0.6 is 11.3 Å². The molecule has 1 amide bonds. The largest absolute Gasteiger partial charge is 0.382 e. The number of carbonyl (C=O) groups is 1. The highest BCUT2D eigenvalue weighted by Crippen LogP contribution is 2.49. The van der Waals surface area contributed by atoms with Gasteiger partial charge in [-0.1, -0.05) is 24.7 Å². The minimum absolute atomic E-state index is 0.0576. The molecule has 0 aromatic carbocycles. The third kappa shape index (κ3) is 3.15. The van der Waals surface area contributed by atoms with E-state index >= 15 is 0 Å². The van der Waals surface area contributed by atoms with Crippen molar-refractivity contribution in [2.45, 2.75) is 45.4 Å². The van der Waals surface area contributed by atoms with E-state index in [0.717, 1.165) is 24.8 Å². The first-order chi connectivity index (χ1) is 10.1. The number of aromatic nitrogens is 1. The summed E-state index contributed by atoms with van der Waals surface area (Å²) in [5.41, 5.74) is 6.30. The molecule has 0 atom stereocenters. The number of nitrogens with one attached hydrogen (secondary N) is 1. The van der Waals surface area contributed by atoms with E-state index in [-0.39, 0.29) is 5.91 Å². The van der Waals surface area contributed by atoms with E-state index in [2.05, 4.69) is 22.1 Å². The standard InChI is InChI=1S/C15H24N4OS/c1-2-5-15(6-7-15)10-17-13(20)11-12(16)18-14(21-11)19-8-3-4-9-19/h2-10,16H2,1H3,(H,17,20). The van der Waals surface area contributed by atoms with Crippen molar-refractivity contribution < 1.29 is 4.79 Å². The van der Waals surface area contributed by atoms with Crippen LogP contribution in [-0.4, -0.2) is 30.5 Å². The van der Waals surface area contributed by atoms with Crippen LogP contribution in [0.3, 0.4) is 0 Å². The second-order valence-electron chi connectivity index (χ2n) is 6.34. The van der Waals surface area contributed by atoms with Crippen molar-refractivity contribution in [1.82, 2.24) is 10.3 Å². The lowest BCUT2D eigenvalue weighted by Gasteiger charge is -2.14. The fourth-order valence-corrected chi connectivity index (χ4v) is 4.05. The van der Waals surface area contributed by atoms with E-state index < -0.39 is 0 Å². The van der Waals surface area contributed by atoms with Gasteiger partial charge >= 0.3 is 0 Å². The molecule has 3 N–H and O–H groups in total. The summed E-state index contributed by atoms with van der Waals surface area (Å²) < 4.78 is 0. The summed E-state index contributed by atoms with van der Waals surface area (Å²) in [6.07, 6.45) is 7.24. The Labute approximate surface area is 129 Å². The summed E-state index contributed by atoms with van der Waals surface area (Å²) in [6.45, 7) is 5.02. The van der Waals surface area contributed by atoms with Crippen LogP contribution < -0.4 is 16.0 Å². The number of carbonyl (C=O) groups excluding carboxylic acids is 1. The SMILES string of the molecule is CCCC1(CNC(=O)c2sc(N3CCCC3)nc2N)CC1. The number of hydrogen-bond donors (Lipinski definition) is 2. The van der Waals surface area contributed by atoms with Gasteiger partial charge in [0.1, 0.15) is 10.7 Å². The van der Waals surface area contributed by atoms with Gasteiger partial charge in [0.05, 0.1) is 0 Å². The number of rotatable bonds is 6. The van der Waals surface area contributed by atoms with Crippen LogP contribution in [-0.2, 0) is 0 Å². The molecule has 1 saturated heterocycles. The van der Waals surface area contributed by atoms with Crippen LogP contribution in [0, 0.1) is 5.41 Å². The van der Waals surface area contributed by atoms with Crippen molar-refractivity contribution in [2.24, 2.45) is 5.41 Å². The molecule has 1 aromatic rings. The van der Waals surface area contributed by atoms with Gasteiger partial charge in [-0.2, -0.15) is 0 Å². The second-order valence-corrected chi connectivity index (χ2v) is 7.32. The summed E-state index contributed by atoms with van der Waals surface area (Å²) in [7, 11) is 0. The predicted molar refractivity (Wildman–Crippen MR) is 86.9 cm³/mol. The number of nitrogen functional groups attached to an aromatic ring is 1. The Balaban J connectivity index is 1.62. The van der Waals surface area contributed by atoms with Crippen molar-refractivity contribution in [3.05, 3.63) is 4.88 Å². The van der Waals surface area contributed by atoms with Gasteiger partial charge in [-0.05, 0) is 37.5 Å². The van der Waals surface area contributed by atoms with E-state index in [1.165, 1.54) is 49.9 Å². The highest BCUT2D eigenvalue weighted by Gasteiger charge is 2.41. The summed E-state index contributed by atoms with van der Waals surface area (Å²) in [5.74, 6) is 0.317. The molecule has 0 bridgehead atoms. The number of hydrogen-bond acceptors (Lipinski definition) is 5. The van der Waals surface area contributed by atoms with Crippen molar-refractivity contribution in [3.8, 4) is 0 Å². The monoisotopic (exact) mass is 308 g/mol. The van der Waals surface area contributed by atoms with Crippen LogP contribution in [0.2, 0.25) is 0 Å². The highest BCUT2D eigenvalue weighted by molar-refractivity contribution is 7.18. The lowest BCUT2D eigenvalue weighted by atomic mass is 10.0. The first-order valence-corrected chi connectivity index (χ1v) is 8.75. The van der Waals surface area contributed by atoms with Crippen LogP contribution in [0.25, 0.3) is 0 Å². The fraction of sp³-hybridized carbons (Fsp3) is 0.733. The lowest BCUT2D eigenvalue weighted by molar-refractivity contribution is 0.0948. The van der Waals surface area contributed by atoms with Gasteiger partial charge in [0, 0.05) is 19.6 Å². The van der Waals surface area contributed by atoms with Crippen LogP contribution in [0.1, 0.15) is 55.1 Å². The molecule has 1 aliphatic heterocycles. The van der Waals surface area contributed by atoms with Gasteiger partial charge in [-0.25, -0.2) is 4.98 Å². The quantitative estimate of drug-likeness (QED) is 0.847. The predicted octanol–water partition coefficient (Wildman–Crippen LogP) is 2.64. The summed E-state index contributed by atoms with van der Waals surface area (Å²) in [4.78, 5) is 19.5. The molecule has 0 radical (unpaired) electrons. The van der Waals surface area contributed by atoms with Gasteiger partial charge in [0.15, 0.2) is 5.13 Å². The molecule has 5 nitrogen and oxygen atoms in total. The van der Waals surface area contributed by atoms with Crippen molar-refractivity contribution in [3.63, 3.8) is 0 Å². The molecule has 2 fully saturated rings. The molecule has 3 rings (SSSR count). The molecule has 2 aliphatic rings. The van der Waals surface area contributed by atoms with Crippen molar-refractivity contribution in [1.29, 1.82) is 0 Å². The maximum Gasteiger partial charge on any atom is 0.265 e. The Morgan fingerprint density at radius 3 is 2.76 bits per heavy atom. The summed E-state index contributed by atoms with van der Waals surface area (Å²) in [6, 6.07) is 0. The van der Waals surface area contributed by atoms with Crippen LogP contribution in [0.4, 0.5) is 10.9 Å². The van der Waals surface area contributed by atoms with Crippen LogP contribution in [0.15, 0.2) is 0 Å². The number of nitrogens with zero attached hydrogens (tertiary/aromatic N) is 2. The van der Waals surface area contributed by atoms with E-state index in [1.54, 1.807) is 0 Å². The van der Waals surface area contributed by atoms with Gasteiger partial charge in [0.25, 0.3) is 5.91 Å². The van der Waals surface area contributed by atoms with E-state index in [4.69, 9.17) is 5.73 Å². The molecular formula is C15H24N4OS. The van der Waals surface area contributed by atoms with Gasteiger partial charge in [-0.3, -0.25) is 4.79 Å². The van der Waals surface area contributed by atoms with Gasteiger partial charge in [-0.15, -0.1) is 0 Å². The molecule has 116 valence electrons. The maximum absolute atomic E-state index is 12.3. The minimum atomic E-state index is -0.0576. The molecule has 6 heteroatoms. The zero-order valence-electron chi connectivity index (χ0n) is 12.7. The zero-order chi connectivity index (χ0) is 14.9. The average Bonchev–Trinajstić information content (AvgIpc) is 2.91. The lowest BCUT2D eigenvalue weighted by Crippen LogP contribution is -2.30. The Morgan fingerprint density at radius 1 is 1.43 bits per heavy atom. The second kappa shape index (κ2) is 5.83. The summed E-state index contributed by atoms with van der Waals surface area (Å²) >= 11 is 1.43. The number of nitrogens with two attached hydrogens (primary N) is 1. The molecule has 0 spiro atoms. The Bertz CT molecular complexity index is 518. The van der Waals surface area contributed by atoms with Gasteiger partial charge in [0.2, 0.25) is 0 Å². The molecular weight excluding hydrogens is 284 g/mol. The zero-order valence-corrected chi connectivity index (χ0v) is 13.5. The number of thiazole rings is 1. The maximum atomic E-state index is 12.3. The Kier molecular flexibility index (Phi) is 4.06. The summed E-state index contributed by atoms with van der Waals surface area (Å²) in [5, 5.41) is 3.96. The molecule has 1 aliphatic carbocycles. The van der Waals surface area contributed by atoms with Crippen molar-refractivity contribution in [2.75, 3.05) is 30.3 Å². The highest BCUT2D eigenvalue weighted by atomic mass is 32.1. The Morgan fingerprint density at radius 2 is 2.14 bits per heavy atom. The van der Waals surface area contributed by atoms with E-state index in [9.17, 15) is 4.79 Å². The topological polar surface area (TPSA) is 71.2 Å². The van der Waals surface area contributed by atoms with Gasteiger partial charge < -0.3 is 16.0 Å². The number of anilines is 2. The fourth-order valence-electron chi connectivity index (χ4n) is 3.10. The average molecular weight is 308 g/mol. The first-order valence-electron chi connectivity index (χ1n) is 7.93. The third-order valence-electron chi connectivity index (χ3n) is 4.59. The minimum Gasteiger partial charge on any atom is -0.382 e. The van der Waals surface area contributed by atoms with E-state index in [1.807, 2.05) is 0 Å². The Hall–Kier alpha value is -1.30. The van der Waals surface area contributed by atoms with Crippen LogP contribution in [0.5, 0.6) is 0 Å². The molecule has 1 saturated carbocycles. The molecule has 1 aromatic heterocycles. The molecule has 2 heterocycles. The first kappa shape index (κ1) is 14.6. The number of amides is 1. The normalized spacial score (nSPS) is 19.8. The third-order valence-corrected chi connectivity index (χ3v) is 5.72. The smallest absolute Gasteiger partial charge is 0.265 e.